The molecule has 1 heterocycles. The molecule has 0 amide bonds. The van der Waals surface area contributed by atoms with Gasteiger partial charge in [0.15, 0.2) is 0 Å². The minimum atomic E-state index is 0.743. The van der Waals surface area contributed by atoms with Crippen molar-refractivity contribution in [2.75, 3.05) is 18.0 Å². The number of aromatic nitrogens is 1. The lowest BCUT2D eigenvalue weighted by atomic mass is 10.1. The Morgan fingerprint density at radius 3 is 2.62 bits per heavy atom. The Hall–Kier alpha value is -1.09. The fourth-order valence-corrected chi connectivity index (χ4v) is 2.67. The lowest BCUT2D eigenvalue weighted by Gasteiger charge is -2.24. The van der Waals surface area contributed by atoms with E-state index in [1.165, 1.54) is 49.2 Å². The summed E-state index contributed by atoms with van der Waals surface area (Å²) in [5.74, 6) is 1.21. The van der Waals surface area contributed by atoms with Crippen LogP contribution in [0.2, 0.25) is 0 Å². The molecule has 1 aliphatic rings. The molecule has 21 heavy (non-hydrogen) atoms. The zero-order valence-electron chi connectivity index (χ0n) is 14.0. The first-order chi connectivity index (χ1) is 10.3. The summed E-state index contributed by atoms with van der Waals surface area (Å²) in [5, 5.41) is 3.51. The molecule has 0 aliphatic heterocycles. The summed E-state index contributed by atoms with van der Waals surface area (Å²) < 4.78 is 0. The van der Waals surface area contributed by atoms with Crippen LogP contribution in [0.5, 0.6) is 0 Å². The van der Waals surface area contributed by atoms with E-state index >= 15 is 0 Å². The van der Waals surface area contributed by atoms with Crippen molar-refractivity contribution in [3.05, 3.63) is 23.4 Å². The first-order valence-electron chi connectivity index (χ1n) is 8.75. The summed E-state index contributed by atoms with van der Waals surface area (Å²) in [6, 6.07) is 5.31. The van der Waals surface area contributed by atoms with Crippen molar-refractivity contribution < 1.29 is 0 Å². The largest absolute Gasteiger partial charge is 0.354 e. The summed E-state index contributed by atoms with van der Waals surface area (Å²) in [6.07, 6.45) is 7.39. The fourth-order valence-electron chi connectivity index (χ4n) is 2.67. The molecule has 0 radical (unpaired) electrons. The normalized spacial score (nSPS) is 14.4. The zero-order chi connectivity index (χ0) is 15.1. The minimum Gasteiger partial charge on any atom is -0.354 e. The van der Waals surface area contributed by atoms with Crippen molar-refractivity contribution in [1.82, 2.24) is 10.3 Å². The third kappa shape index (κ3) is 4.99. The summed E-state index contributed by atoms with van der Waals surface area (Å²) >= 11 is 0. The van der Waals surface area contributed by atoms with Gasteiger partial charge >= 0.3 is 0 Å². The molecule has 1 saturated carbocycles. The first-order valence-corrected chi connectivity index (χ1v) is 8.75. The Balaban J connectivity index is 2.13. The molecule has 3 heteroatoms. The van der Waals surface area contributed by atoms with Crippen LogP contribution in [0.15, 0.2) is 12.1 Å². The van der Waals surface area contributed by atoms with Gasteiger partial charge in [-0.05, 0) is 56.3 Å². The van der Waals surface area contributed by atoms with Crippen LogP contribution in [0, 0.1) is 0 Å². The van der Waals surface area contributed by atoms with Gasteiger partial charge in [0.1, 0.15) is 5.82 Å². The highest BCUT2D eigenvalue weighted by molar-refractivity contribution is 5.45. The second-order valence-electron chi connectivity index (χ2n) is 6.13. The molecule has 0 atom stereocenters. The van der Waals surface area contributed by atoms with E-state index in [0.717, 1.165) is 32.1 Å². The number of nitrogens with one attached hydrogen (secondary N) is 1. The highest BCUT2D eigenvalue weighted by Crippen LogP contribution is 2.31. The second kappa shape index (κ2) is 8.38. The van der Waals surface area contributed by atoms with Gasteiger partial charge in [0.05, 0.1) is 0 Å². The Morgan fingerprint density at radius 1 is 1.19 bits per heavy atom. The van der Waals surface area contributed by atoms with Crippen molar-refractivity contribution in [2.24, 2.45) is 0 Å². The Bertz CT molecular complexity index is 426. The summed E-state index contributed by atoms with van der Waals surface area (Å²) in [4.78, 5) is 7.44. The van der Waals surface area contributed by atoms with E-state index in [1.807, 2.05) is 0 Å². The number of hydrogen-bond acceptors (Lipinski definition) is 3. The van der Waals surface area contributed by atoms with Gasteiger partial charge in [-0.1, -0.05) is 27.2 Å². The summed E-state index contributed by atoms with van der Waals surface area (Å²) in [6.45, 7) is 9.87. The maximum atomic E-state index is 4.89. The highest BCUT2D eigenvalue weighted by atomic mass is 15.2. The number of unbranched alkanes of at least 4 members (excludes halogenated alkanes) is 1. The maximum absolute atomic E-state index is 4.89. The topological polar surface area (TPSA) is 28.2 Å². The average molecular weight is 289 g/mol. The second-order valence-corrected chi connectivity index (χ2v) is 6.13. The Kier molecular flexibility index (Phi) is 6.50. The number of rotatable bonds is 10. The molecule has 1 aromatic rings. The van der Waals surface area contributed by atoms with Gasteiger partial charge in [-0.3, -0.25) is 0 Å². The van der Waals surface area contributed by atoms with Crippen LogP contribution in [0.1, 0.15) is 64.1 Å². The number of aryl methyl sites for hydroxylation is 1. The molecular formula is C18H31N3. The van der Waals surface area contributed by atoms with Crippen LogP contribution in [-0.4, -0.2) is 24.1 Å². The molecule has 1 aliphatic carbocycles. The molecule has 1 N–H and O–H groups in total. The number of hydrogen-bond donors (Lipinski definition) is 1. The van der Waals surface area contributed by atoms with Crippen molar-refractivity contribution in [3.63, 3.8) is 0 Å². The van der Waals surface area contributed by atoms with Crippen LogP contribution in [0.3, 0.4) is 0 Å². The van der Waals surface area contributed by atoms with Gasteiger partial charge in [0, 0.05) is 24.8 Å². The fraction of sp³-hybridized carbons (Fsp3) is 0.722. The van der Waals surface area contributed by atoms with Gasteiger partial charge in [-0.15, -0.1) is 0 Å². The molecule has 0 bridgehead atoms. The van der Waals surface area contributed by atoms with E-state index in [-0.39, 0.29) is 0 Å². The average Bonchev–Trinajstić information content (AvgIpc) is 3.32. The van der Waals surface area contributed by atoms with E-state index in [1.54, 1.807) is 0 Å². The predicted octanol–water partition coefficient (Wildman–Crippen LogP) is 3.91. The quantitative estimate of drug-likeness (QED) is 0.662. The third-order valence-electron chi connectivity index (χ3n) is 4.08. The monoisotopic (exact) mass is 289 g/mol. The summed E-state index contributed by atoms with van der Waals surface area (Å²) in [5.41, 5.74) is 2.61. The lowest BCUT2D eigenvalue weighted by Crippen LogP contribution is -2.28. The molecular weight excluding hydrogens is 258 g/mol. The predicted molar refractivity (Wildman–Crippen MR) is 90.9 cm³/mol. The molecule has 1 fully saturated rings. The van der Waals surface area contributed by atoms with Gasteiger partial charge in [-0.25, -0.2) is 4.98 Å². The standard InChI is InChI=1S/C18H31N3/c1-4-7-11-21(17-8-9-17)18-13-15(14-19-10-5-2)12-16(6-3)20-18/h12-13,17,19H,4-11,14H2,1-3H3. The zero-order valence-corrected chi connectivity index (χ0v) is 14.0. The van der Waals surface area contributed by atoms with Gasteiger partial charge in [0.25, 0.3) is 0 Å². The minimum absolute atomic E-state index is 0.743. The van der Waals surface area contributed by atoms with Crippen LogP contribution in [0.25, 0.3) is 0 Å². The van der Waals surface area contributed by atoms with E-state index in [0.29, 0.717) is 0 Å². The third-order valence-corrected chi connectivity index (χ3v) is 4.08. The van der Waals surface area contributed by atoms with Crippen LogP contribution < -0.4 is 10.2 Å². The molecule has 0 spiro atoms. The molecule has 0 aromatic carbocycles. The summed E-state index contributed by atoms with van der Waals surface area (Å²) in [7, 11) is 0. The van der Waals surface area contributed by atoms with E-state index in [9.17, 15) is 0 Å². The molecule has 2 rings (SSSR count). The van der Waals surface area contributed by atoms with Crippen LogP contribution >= 0.6 is 0 Å². The van der Waals surface area contributed by atoms with Crippen molar-refractivity contribution in [3.8, 4) is 0 Å². The Morgan fingerprint density at radius 2 is 2.00 bits per heavy atom. The number of anilines is 1. The maximum Gasteiger partial charge on any atom is 0.129 e. The van der Waals surface area contributed by atoms with Gasteiger partial charge < -0.3 is 10.2 Å². The number of nitrogens with zero attached hydrogens (tertiary/aromatic N) is 2. The smallest absolute Gasteiger partial charge is 0.129 e. The van der Waals surface area contributed by atoms with Gasteiger partial charge in [-0.2, -0.15) is 0 Å². The van der Waals surface area contributed by atoms with E-state index in [2.05, 4.69) is 43.1 Å². The molecule has 118 valence electrons. The van der Waals surface area contributed by atoms with Crippen molar-refractivity contribution >= 4 is 5.82 Å². The van der Waals surface area contributed by atoms with Crippen molar-refractivity contribution in [2.45, 2.75) is 71.9 Å². The molecule has 0 unspecified atom stereocenters. The molecule has 0 saturated heterocycles. The van der Waals surface area contributed by atoms with Gasteiger partial charge in [0.2, 0.25) is 0 Å². The Labute approximate surface area is 130 Å². The molecule has 1 aromatic heterocycles. The highest BCUT2D eigenvalue weighted by Gasteiger charge is 2.29. The SMILES string of the molecule is CCCCN(c1cc(CNCCC)cc(CC)n1)C1CC1. The molecule has 3 nitrogen and oxygen atoms in total. The van der Waals surface area contributed by atoms with E-state index < -0.39 is 0 Å². The van der Waals surface area contributed by atoms with Crippen LogP contribution in [-0.2, 0) is 13.0 Å². The van der Waals surface area contributed by atoms with E-state index in [4.69, 9.17) is 4.98 Å². The number of pyridine rings is 1. The van der Waals surface area contributed by atoms with Crippen LogP contribution in [0.4, 0.5) is 5.82 Å². The first kappa shape index (κ1) is 16.3. The van der Waals surface area contributed by atoms with Crippen molar-refractivity contribution in [1.29, 1.82) is 0 Å². The lowest BCUT2D eigenvalue weighted by molar-refractivity contribution is 0.670.